The highest BCUT2D eigenvalue weighted by Crippen LogP contribution is 2.34. The van der Waals surface area contributed by atoms with Crippen LogP contribution in [0.5, 0.6) is 0 Å². The second-order valence-electron chi connectivity index (χ2n) is 4.64. The van der Waals surface area contributed by atoms with Crippen LogP contribution in [0.4, 0.5) is 12.7 Å². The van der Waals surface area contributed by atoms with E-state index in [9.17, 15) is 25.9 Å². The maximum atomic E-state index is 12.9. The summed E-state index contributed by atoms with van der Waals surface area (Å²) in [6.45, 7) is 5.34. The van der Waals surface area contributed by atoms with Gasteiger partial charge < -0.3 is 4.74 Å². The Kier molecular flexibility index (Phi) is 4.65. The summed E-state index contributed by atoms with van der Waals surface area (Å²) in [6.07, 6.45) is 1.55. The molecule has 0 heterocycles. The first-order valence-electron chi connectivity index (χ1n) is 5.76. The number of hydrogen-bond donors (Lipinski definition) is 0. The molecule has 1 fully saturated rings. The van der Waals surface area contributed by atoms with Crippen molar-refractivity contribution in [1.82, 2.24) is 0 Å². The van der Waals surface area contributed by atoms with Gasteiger partial charge in [0.25, 0.3) is 0 Å². The lowest BCUT2D eigenvalue weighted by atomic mass is 9.82. The van der Waals surface area contributed by atoms with Crippen LogP contribution < -0.4 is 0 Å². The largest absolute Gasteiger partial charge is 0.470 e. The van der Waals surface area contributed by atoms with E-state index in [1.807, 2.05) is 0 Å². The highest BCUT2D eigenvalue weighted by atomic mass is 32.3. The number of halogens is 3. The summed E-state index contributed by atoms with van der Waals surface area (Å²) in [5, 5.41) is -5.16. The van der Waals surface area contributed by atoms with Crippen LogP contribution >= 0.6 is 0 Å². The topological polar surface area (TPSA) is 60.4 Å². The van der Waals surface area contributed by atoms with Crippen molar-refractivity contribution < 1.29 is 30.6 Å². The van der Waals surface area contributed by atoms with Crippen LogP contribution in [0.3, 0.4) is 0 Å². The van der Waals surface area contributed by atoms with Gasteiger partial charge in [-0.1, -0.05) is 22.5 Å². The van der Waals surface area contributed by atoms with Gasteiger partial charge in [-0.3, -0.25) is 0 Å². The molecule has 0 saturated heterocycles. The summed E-state index contributed by atoms with van der Waals surface area (Å²) in [6, 6.07) is 0. The Balaban J connectivity index is 2.83. The molecule has 0 aromatic carbocycles. The summed E-state index contributed by atoms with van der Waals surface area (Å²) in [7, 11) is -6.32. The van der Waals surface area contributed by atoms with Crippen LogP contribution in [-0.4, -0.2) is 25.7 Å². The third kappa shape index (κ3) is 3.49. The van der Waals surface area contributed by atoms with Gasteiger partial charge in [0.15, 0.2) is 0 Å². The molecule has 2 unspecified atom stereocenters. The first kappa shape index (κ1) is 16.0. The molecule has 8 heteroatoms. The van der Waals surface area contributed by atoms with Crippen LogP contribution in [0.2, 0.25) is 0 Å². The summed E-state index contributed by atoms with van der Waals surface area (Å²) >= 11 is 0. The first-order valence-corrected chi connectivity index (χ1v) is 7.14. The summed E-state index contributed by atoms with van der Waals surface area (Å²) < 4.78 is 63.1. The van der Waals surface area contributed by atoms with Crippen LogP contribution in [0, 0.1) is 5.92 Å². The molecule has 110 valence electrons. The van der Waals surface area contributed by atoms with Crippen molar-refractivity contribution in [1.29, 1.82) is 0 Å². The van der Waals surface area contributed by atoms with Gasteiger partial charge in [0, 0.05) is 5.92 Å². The van der Waals surface area contributed by atoms with Crippen molar-refractivity contribution in [3.05, 3.63) is 12.2 Å². The molecule has 0 aromatic heterocycles. The van der Waals surface area contributed by atoms with Gasteiger partial charge in [-0.15, -0.1) is 0 Å². The maximum Gasteiger partial charge on any atom is 0.470 e. The van der Waals surface area contributed by atoms with Gasteiger partial charge in [0.1, 0.15) is 6.10 Å². The van der Waals surface area contributed by atoms with Gasteiger partial charge in [-0.05, 0) is 26.2 Å². The summed E-state index contributed by atoms with van der Waals surface area (Å²) in [5.74, 6) is -2.68. The van der Waals surface area contributed by atoms with E-state index in [1.165, 1.54) is 0 Å². The Labute approximate surface area is 109 Å². The highest BCUT2D eigenvalue weighted by Gasteiger charge is 2.56. The Hall–Kier alpha value is -1.05. The minimum Gasteiger partial charge on any atom is -0.456 e. The Morgan fingerprint density at radius 3 is 2.32 bits per heavy atom. The molecule has 0 N–H and O–H groups in total. The molecular weight excluding hydrogens is 285 g/mol. The molecule has 1 rings (SSSR count). The molecule has 1 saturated carbocycles. The quantitative estimate of drug-likeness (QED) is 0.455. The molecule has 0 spiro atoms. The van der Waals surface area contributed by atoms with Crippen molar-refractivity contribution in [2.24, 2.45) is 5.92 Å². The Bertz CT molecular complexity index is 472. The zero-order valence-corrected chi connectivity index (χ0v) is 11.2. The number of esters is 1. The maximum absolute atomic E-state index is 12.9. The van der Waals surface area contributed by atoms with Gasteiger partial charge in [-0.2, -0.15) is 17.2 Å². The molecule has 0 aliphatic heterocycles. The minimum atomic E-state index is -6.32. The van der Waals surface area contributed by atoms with E-state index in [2.05, 4.69) is 11.3 Å². The van der Waals surface area contributed by atoms with Crippen molar-refractivity contribution in [2.45, 2.75) is 44.0 Å². The lowest BCUT2D eigenvalue weighted by Gasteiger charge is -2.32. The third-order valence-electron chi connectivity index (χ3n) is 3.14. The smallest absolute Gasteiger partial charge is 0.456 e. The van der Waals surface area contributed by atoms with Crippen LogP contribution in [-0.2, 0) is 19.8 Å². The normalized spacial score (nSPS) is 24.8. The van der Waals surface area contributed by atoms with Gasteiger partial charge in [0.2, 0.25) is 0 Å². The van der Waals surface area contributed by atoms with Crippen molar-refractivity contribution in [3.8, 4) is 0 Å². The monoisotopic (exact) mass is 300 g/mol. The van der Waals surface area contributed by atoms with Gasteiger partial charge >= 0.3 is 21.4 Å². The van der Waals surface area contributed by atoms with E-state index >= 15 is 0 Å². The fourth-order valence-electron chi connectivity index (χ4n) is 2.11. The molecule has 4 nitrogen and oxygen atoms in total. The van der Waals surface area contributed by atoms with E-state index in [-0.39, 0.29) is 5.92 Å². The summed E-state index contributed by atoms with van der Waals surface area (Å²) in [4.78, 5) is 11.1. The van der Waals surface area contributed by atoms with Crippen molar-refractivity contribution >= 4 is 16.2 Å². The fraction of sp³-hybridized carbons (Fsp3) is 0.727. The molecule has 0 amide bonds. The molecular formula is C11H15F3O4S. The molecule has 0 bridgehead atoms. The van der Waals surface area contributed by atoms with E-state index in [1.54, 1.807) is 6.92 Å². The lowest BCUT2D eigenvalue weighted by Crippen LogP contribution is -2.41. The highest BCUT2D eigenvalue weighted by molar-refractivity contribution is 7.88. The van der Waals surface area contributed by atoms with Crippen LogP contribution in [0.1, 0.15) is 32.6 Å². The predicted molar refractivity (Wildman–Crippen MR) is 61.6 cm³/mol. The molecule has 0 aromatic rings. The third-order valence-corrected chi connectivity index (χ3v) is 3.92. The van der Waals surface area contributed by atoms with Crippen molar-refractivity contribution in [2.75, 3.05) is 0 Å². The zero-order valence-electron chi connectivity index (χ0n) is 10.4. The van der Waals surface area contributed by atoms with E-state index in [0.717, 1.165) is 6.42 Å². The average molecular weight is 300 g/mol. The second kappa shape index (κ2) is 5.52. The second-order valence-corrected chi connectivity index (χ2v) is 6.02. The average Bonchev–Trinajstić information content (AvgIpc) is 2.27. The Morgan fingerprint density at radius 1 is 1.32 bits per heavy atom. The standard InChI is InChI=1S/C11H15F3O4S/c1-7(2)8-5-3-4-6-9(8)18-10(15)11(12,13)19(14,16)17/h8-9H,1,3-6H2,2H3. The zero-order chi connectivity index (χ0) is 14.8. The lowest BCUT2D eigenvalue weighted by molar-refractivity contribution is -0.170. The molecule has 0 radical (unpaired) electrons. The number of alkyl halides is 2. The fourth-order valence-corrected chi connectivity index (χ4v) is 2.35. The van der Waals surface area contributed by atoms with E-state index in [0.29, 0.717) is 24.8 Å². The Morgan fingerprint density at radius 2 is 1.84 bits per heavy atom. The number of carbonyl (C=O) groups excluding carboxylic acids is 1. The minimum absolute atomic E-state index is 0.309. The number of rotatable bonds is 4. The van der Waals surface area contributed by atoms with Crippen molar-refractivity contribution in [3.63, 3.8) is 0 Å². The van der Waals surface area contributed by atoms with E-state index in [4.69, 9.17) is 0 Å². The number of hydrogen-bond acceptors (Lipinski definition) is 4. The molecule has 1 aliphatic carbocycles. The van der Waals surface area contributed by atoms with Crippen LogP contribution in [0.15, 0.2) is 12.2 Å². The molecule has 1 aliphatic rings. The summed E-state index contributed by atoms with van der Waals surface area (Å²) in [5.41, 5.74) is 0.656. The predicted octanol–water partition coefficient (Wildman–Crippen LogP) is 2.56. The van der Waals surface area contributed by atoms with Gasteiger partial charge in [-0.25, -0.2) is 4.79 Å². The first-order chi connectivity index (χ1) is 8.57. The van der Waals surface area contributed by atoms with Gasteiger partial charge in [0.05, 0.1) is 0 Å². The molecule has 2 atom stereocenters. The number of carbonyl (C=O) groups is 1. The van der Waals surface area contributed by atoms with Crippen LogP contribution in [0.25, 0.3) is 0 Å². The SMILES string of the molecule is C=C(C)C1CCCCC1OC(=O)C(F)(F)S(=O)(=O)F. The number of ether oxygens (including phenoxy) is 1. The molecule has 19 heavy (non-hydrogen) atoms. The van der Waals surface area contributed by atoms with E-state index < -0.39 is 27.6 Å².